The third kappa shape index (κ3) is 3.01. The van der Waals surface area contributed by atoms with Gasteiger partial charge in [0, 0.05) is 13.1 Å². The molecule has 1 aliphatic rings. The number of hydrogen-bond acceptors (Lipinski definition) is 2. The van der Waals surface area contributed by atoms with Crippen molar-refractivity contribution in [3.05, 3.63) is 41.0 Å². The molecular weight excluding hydrogens is 271 g/mol. The number of alkyl halides is 3. The second kappa shape index (κ2) is 5.28. The summed E-state index contributed by atoms with van der Waals surface area (Å²) in [4.78, 5) is 13.1. The number of nitrogens with zero attached hydrogens (tertiary/aromatic N) is 1. The van der Waals surface area contributed by atoms with Gasteiger partial charge in [0.1, 0.15) is 0 Å². The van der Waals surface area contributed by atoms with Crippen LogP contribution in [0, 0.1) is 0 Å². The van der Waals surface area contributed by atoms with Gasteiger partial charge in [0.2, 0.25) is 0 Å². The van der Waals surface area contributed by atoms with E-state index in [9.17, 15) is 23.1 Å². The van der Waals surface area contributed by atoms with Gasteiger partial charge in [0.25, 0.3) is 0 Å². The van der Waals surface area contributed by atoms with Crippen molar-refractivity contribution in [3.8, 4) is 0 Å². The summed E-state index contributed by atoms with van der Waals surface area (Å²) in [6.45, 7) is 0.864. The Morgan fingerprint density at radius 3 is 2.65 bits per heavy atom. The van der Waals surface area contributed by atoms with Crippen molar-refractivity contribution in [1.82, 2.24) is 4.90 Å². The van der Waals surface area contributed by atoms with E-state index in [0.717, 1.165) is 12.1 Å². The molecule has 6 heteroatoms. The summed E-state index contributed by atoms with van der Waals surface area (Å²) in [6, 6.07) is 4.84. The van der Waals surface area contributed by atoms with Crippen LogP contribution >= 0.6 is 0 Å². The topological polar surface area (TPSA) is 40.5 Å². The Kier molecular flexibility index (Phi) is 3.85. The number of likely N-dealkylation sites (N-methyl/N-ethyl adjacent to an activating group) is 1. The maximum atomic E-state index is 12.7. The van der Waals surface area contributed by atoms with Gasteiger partial charge in [-0.05, 0) is 36.7 Å². The number of carboxylic acid groups (broad SMARTS) is 1. The van der Waals surface area contributed by atoms with Gasteiger partial charge in [-0.15, -0.1) is 0 Å². The Hall–Kier alpha value is -1.82. The third-order valence-electron chi connectivity index (χ3n) is 3.33. The molecule has 108 valence electrons. The molecule has 20 heavy (non-hydrogen) atoms. The number of rotatable bonds is 2. The summed E-state index contributed by atoms with van der Waals surface area (Å²) in [7, 11) is 1.78. The number of benzene rings is 1. The molecule has 2 rings (SSSR count). The summed E-state index contributed by atoms with van der Waals surface area (Å²) < 4.78 is 38.1. The molecule has 0 aliphatic carbocycles. The lowest BCUT2D eigenvalue weighted by atomic mass is 9.92. The zero-order valence-corrected chi connectivity index (χ0v) is 10.9. The smallest absolute Gasteiger partial charge is 0.416 e. The minimum absolute atomic E-state index is 0.165. The number of carbonyl (C=O) groups is 1. The maximum absolute atomic E-state index is 12.7. The molecule has 0 aromatic heterocycles. The average molecular weight is 285 g/mol. The average Bonchev–Trinajstić information content (AvgIpc) is 2.37. The summed E-state index contributed by atoms with van der Waals surface area (Å²) in [5.41, 5.74) is 0.233. The number of halogens is 3. The molecule has 1 aromatic carbocycles. The van der Waals surface area contributed by atoms with Crippen LogP contribution in [0.15, 0.2) is 29.8 Å². The molecule has 0 bridgehead atoms. The van der Waals surface area contributed by atoms with E-state index in [-0.39, 0.29) is 12.1 Å². The summed E-state index contributed by atoms with van der Waals surface area (Å²) in [6.07, 6.45) is -4.00. The van der Waals surface area contributed by atoms with Gasteiger partial charge in [-0.1, -0.05) is 12.1 Å². The highest BCUT2D eigenvalue weighted by molar-refractivity contribution is 5.97. The Balaban J connectivity index is 2.49. The van der Waals surface area contributed by atoms with Gasteiger partial charge in [-0.3, -0.25) is 0 Å². The quantitative estimate of drug-likeness (QED) is 0.908. The van der Waals surface area contributed by atoms with Crippen LogP contribution in [0.1, 0.15) is 17.5 Å². The molecule has 1 aliphatic heterocycles. The first-order valence-electron chi connectivity index (χ1n) is 6.10. The zero-order valence-electron chi connectivity index (χ0n) is 10.9. The lowest BCUT2D eigenvalue weighted by molar-refractivity contribution is -0.137. The summed E-state index contributed by atoms with van der Waals surface area (Å²) in [5, 5.41) is 9.21. The van der Waals surface area contributed by atoms with E-state index < -0.39 is 17.7 Å². The Morgan fingerprint density at radius 1 is 1.35 bits per heavy atom. The van der Waals surface area contributed by atoms with E-state index in [1.165, 1.54) is 12.1 Å². The van der Waals surface area contributed by atoms with Crippen LogP contribution in [0.5, 0.6) is 0 Å². The number of aliphatic carboxylic acids is 1. The van der Waals surface area contributed by atoms with Crippen LogP contribution in [0.4, 0.5) is 13.2 Å². The van der Waals surface area contributed by atoms with Crippen molar-refractivity contribution in [1.29, 1.82) is 0 Å². The Morgan fingerprint density at radius 2 is 2.05 bits per heavy atom. The minimum Gasteiger partial charge on any atom is -0.478 e. The highest BCUT2D eigenvalue weighted by Gasteiger charge is 2.31. The third-order valence-corrected chi connectivity index (χ3v) is 3.33. The monoisotopic (exact) mass is 285 g/mol. The Labute approximate surface area is 114 Å². The molecular formula is C14H14F3NO2. The van der Waals surface area contributed by atoms with Gasteiger partial charge in [-0.2, -0.15) is 13.2 Å². The van der Waals surface area contributed by atoms with E-state index in [1.54, 1.807) is 7.05 Å². The fraction of sp³-hybridized carbons (Fsp3) is 0.357. The highest BCUT2D eigenvalue weighted by Crippen LogP contribution is 2.33. The molecule has 3 nitrogen and oxygen atoms in total. The first-order valence-corrected chi connectivity index (χ1v) is 6.10. The van der Waals surface area contributed by atoms with Crippen molar-refractivity contribution in [3.63, 3.8) is 0 Å². The van der Waals surface area contributed by atoms with Crippen molar-refractivity contribution < 1.29 is 23.1 Å². The highest BCUT2D eigenvalue weighted by atomic mass is 19.4. The van der Waals surface area contributed by atoms with E-state index in [4.69, 9.17) is 0 Å². The number of hydrogen-bond donors (Lipinski definition) is 1. The second-order valence-electron chi connectivity index (χ2n) is 4.83. The molecule has 0 unspecified atom stereocenters. The first kappa shape index (κ1) is 14.6. The first-order chi connectivity index (χ1) is 9.29. The maximum Gasteiger partial charge on any atom is 0.416 e. The molecule has 1 aromatic rings. The van der Waals surface area contributed by atoms with Crippen LogP contribution < -0.4 is 0 Å². The van der Waals surface area contributed by atoms with Crippen molar-refractivity contribution in [2.24, 2.45) is 0 Å². The van der Waals surface area contributed by atoms with Crippen molar-refractivity contribution >= 4 is 11.5 Å². The van der Waals surface area contributed by atoms with Crippen LogP contribution in [-0.4, -0.2) is 36.1 Å². The van der Waals surface area contributed by atoms with Crippen LogP contribution in [0.25, 0.3) is 5.57 Å². The Bertz CT molecular complexity index is 564. The SMILES string of the molecule is CN1CCC(c2cccc(C(F)(F)F)c2)=C(C(=O)O)C1. The lowest BCUT2D eigenvalue weighted by Gasteiger charge is -2.26. The molecule has 0 fully saturated rings. The van der Waals surface area contributed by atoms with Gasteiger partial charge in [0.05, 0.1) is 11.1 Å². The fourth-order valence-corrected chi connectivity index (χ4v) is 2.30. The van der Waals surface area contributed by atoms with Gasteiger partial charge < -0.3 is 10.0 Å². The molecule has 0 spiro atoms. The zero-order chi connectivity index (χ0) is 14.9. The van der Waals surface area contributed by atoms with Crippen molar-refractivity contribution in [2.75, 3.05) is 20.1 Å². The molecule has 1 N–H and O–H groups in total. The summed E-state index contributed by atoms with van der Waals surface area (Å²) in [5.74, 6) is -1.08. The van der Waals surface area contributed by atoms with Gasteiger partial charge in [-0.25, -0.2) is 4.79 Å². The predicted octanol–water partition coefficient (Wildman–Crippen LogP) is 2.88. The molecule has 0 amide bonds. The largest absolute Gasteiger partial charge is 0.478 e. The molecule has 0 saturated heterocycles. The molecule has 1 heterocycles. The lowest BCUT2D eigenvalue weighted by Crippen LogP contribution is -2.30. The van der Waals surface area contributed by atoms with Crippen LogP contribution in [0.3, 0.4) is 0 Å². The number of carboxylic acids is 1. The molecule has 0 radical (unpaired) electrons. The van der Waals surface area contributed by atoms with Gasteiger partial charge >= 0.3 is 12.1 Å². The molecule has 0 atom stereocenters. The minimum atomic E-state index is -4.43. The standard InChI is InChI=1S/C14H14F3NO2/c1-18-6-5-11(12(8-18)13(19)20)9-3-2-4-10(7-9)14(15,16)17/h2-4,7H,5-6,8H2,1H3,(H,19,20). The van der Waals surface area contributed by atoms with Crippen LogP contribution in [-0.2, 0) is 11.0 Å². The van der Waals surface area contributed by atoms with E-state index in [1.807, 2.05) is 4.90 Å². The predicted molar refractivity (Wildman–Crippen MR) is 68.1 cm³/mol. The second-order valence-corrected chi connectivity index (χ2v) is 4.83. The summed E-state index contributed by atoms with van der Waals surface area (Å²) >= 11 is 0. The normalized spacial score (nSPS) is 17.4. The van der Waals surface area contributed by atoms with Crippen LogP contribution in [0.2, 0.25) is 0 Å². The van der Waals surface area contributed by atoms with Gasteiger partial charge in [0.15, 0.2) is 0 Å². The molecule has 0 saturated carbocycles. The van der Waals surface area contributed by atoms with Crippen molar-refractivity contribution in [2.45, 2.75) is 12.6 Å². The van der Waals surface area contributed by atoms with E-state index in [2.05, 4.69) is 0 Å². The van der Waals surface area contributed by atoms with E-state index >= 15 is 0 Å². The fourth-order valence-electron chi connectivity index (χ4n) is 2.30. The van der Waals surface area contributed by atoms with E-state index in [0.29, 0.717) is 24.1 Å².